The summed E-state index contributed by atoms with van der Waals surface area (Å²) in [7, 11) is 1.64. The molecule has 0 radical (unpaired) electrons. The third-order valence-electron chi connectivity index (χ3n) is 5.18. The molecule has 3 aromatic rings. The van der Waals surface area contributed by atoms with Crippen LogP contribution in [-0.2, 0) is 17.6 Å². The van der Waals surface area contributed by atoms with Gasteiger partial charge in [0.05, 0.1) is 10.6 Å². The second kappa shape index (κ2) is 9.47. The molecule has 1 aliphatic carbocycles. The lowest BCUT2D eigenvalue weighted by Crippen LogP contribution is -2.27. The van der Waals surface area contributed by atoms with Gasteiger partial charge in [-0.1, -0.05) is 29.8 Å². The summed E-state index contributed by atoms with van der Waals surface area (Å²) in [6, 6.07) is 7.69. The number of rotatable bonds is 7. The van der Waals surface area contributed by atoms with Crippen LogP contribution in [0.5, 0.6) is 0 Å². The van der Waals surface area contributed by atoms with Gasteiger partial charge in [0.15, 0.2) is 0 Å². The highest BCUT2D eigenvalue weighted by atomic mass is 35.5. The van der Waals surface area contributed by atoms with Gasteiger partial charge in [0, 0.05) is 35.2 Å². The normalized spacial score (nSPS) is 13.3. The molecule has 1 aliphatic rings. The van der Waals surface area contributed by atoms with Crippen molar-refractivity contribution in [1.29, 1.82) is 0 Å². The van der Waals surface area contributed by atoms with Gasteiger partial charge < -0.3 is 15.4 Å². The molecule has 0 spiro atoms. The highest BCUT2D eigenvalue weighted by Gasteiger charge is 2.27. The minimum absolute atomic E-state index is 0.136. The number of benzene rings is 1. The number of nitrogens with one attached hydrogen (secondary N) is 2. The Bertz CT molecular complexity index is 1090. The van der Waals surface area contributed by atoms with Crippen LogP contribution in [0.4, 0.5) is 5.00 Å². The first-order valence-electron chi connectivity index (χ1n) is 10.00. The van der Waals surface area contributed by atoms with E-state index in [0.717, 1.165) is 47.8 Å². The molecular formula is C22H23ClN2O3S2. The van der Waals surface area contributed by atoms with E-state index in [4.69, 9.17) is 16.3 Å². The first-order valence-corrected chi connectivity index (χ1v) is 12.0. The van der Waals surface area contributed by atoms with E-state index < -0.39 is 0 Å². The van der Waals surface area contributed by atoms with Crippen molar-refractivity contribution in [2.75, 3.05) is 25.6 Å². The summed E-state index contributed by atoms with van der Waals surface area (Å²) in [6.07, 6.45) is 4.73. The molecule has 8 heteroatoms. The Morgan fingerprint density at radius 1 is 1.13 bits per heavy atom. The Morgan fingerprint density at radius 2 is 1.93 bits per heavy atom. The average molecular weight is 463 g/mol. The van der Waals surface area contributed by atoms with E-state index in [-0.39, 0.29) is 11.8 Å². The van der Waals surface area contributed by atoms with Crippen LogP contribution in [0, 0.1) is 0 Å². The van der Waals surface area contributed by atoms with Crippen molar-refractivity contribution in [2.24, 2.45) is 0 Å². The summed E-state index contributed by atoms with van der Waals surface area (Å²) in [4.78, 5) is 27.7. The number of ether oxygens (including phenoxy) is 1. The molecule has 0 aliphatic heterocycles. The van der Waals surface area contributed by atoms with E-state index >= 15 is 0 Å². The molecule has 2 amide bonds. The van der Waals surface area contributed by atoms with Crippen LogP contribution in [0.15, 0.2) is 24.3 Å². The van der Waals surface area contributed by atoms with Gasteiger partial charge in [-0.15, -0.1) is 22.7 Å². The van der Waals surface area contributed by atoms with Gasteiger partial charge in [0.25, 0.3) is 11.8 Å². The Hall–Kier alpha value is -1.93. The molecule has 5 nitrogen and oxygen atoms in total. The monoisotopic (exact) mass is 462 g/mol. The van der Waals surface area contributed by atoms with Crippen molar-refractivity contribution in [1.82, 2.24) is 5.32 Å². The molecule has 0 fully saturated rings. The zero-order chi connectivity index (χ0) is 21.1. The van der Waals surface area contributed by atoms with Gasteiger partial charge in [-0.2, -0.15) is 0 Å². The first-order chi connectivity index (χ1) is 14.6. The van der Waals surface area contributed by atoms with E-state index in [1.807, 2.05) is 24.3 Å². The number of carbonyl (C=O) groups is 2. The second-order valence-corrected chi connectivity index (χ2v) is 9.75. The third-order valence-corrected chi connectivity index (χ3v) is 8.06. The lowest BCUT2D eigenvalue weighted by molar-refractivity contribution is 0.0948. The summed E-state index contributed by atoms with van der Waals surface area (Å²) >= 11 is 9.36. The van der Waals surface area contributed by atoms with Crippen LogP contribution in [0.1, 0.15) is 49.7 Å². The maximum Gasteiger partial charge on any atom is 0.267 e. The quantitative estimate of drug-likeness (QED) is 0.454. The minimum Gasteiger partial charge on any atom is -0.385 e. The molecule has 2 aromatic heterocycles. The van der Waals surface area contributed by atoms with Crippen LogP contribution in [0.25, 0.3) is 10.1 Å². The fraction of sp³-hybridized carbons (Fsp3) is 0.364. The molecule has 0 saturated carbocycles. The number of carbonyl (C=O) groups excluding carboxylic acids is 2. The van der Waals surface area contributed by atoms with Crippen molar-refractivity contribution < 1.29 is 14.3 Å². The van der Waals surface area contributed by atoms with Crippen LogP contribution in [-0.4, -0.2) is 32.1 Å². The minimum atomic E-state index is -0.270. The van der Waals surface area contributed by atoms with E-state index in [1.54, 1.807) is 7.11 Å². The Kier molecular flexibility index (Phi) is 6.73. The zero-order valence-corrected chi connectivity index (χ0v) is 19.1. The number of aryl methyl sites for hydroxylation is 1. The number of amides is 2. The maximum absolute atomic E-state index is 13.1. The summed E-state index contributed by atoms with van der Waals surface area (Å²) in [5, 5.41) is 7.90. The summed E-state index contributed by atoms with van der Waals surface area (Å²) in [5.41, 5.74) is 1.69. The number of methoxy groups -OCH3 is 1. The molecule has 4 rings (SSSR count). The standard InChI is InChI=1S/C22H23ClN2O3S2/c1-28-12-6-11-24-20(26)17-13-7-2-4-9-15(13)30-22(17)25-21(27)19-18(23)14-8-3-5-10-16(14)29-19/h3,5,8,10H,2,4,6-7,9,11-12H2,1H3,(H,24,26)(H,25,27). The highest BCUT2D eigenvalue weighted by molar-refractivity contribution is 7.22. The molecule has 0 unspecified atom stereocenters. The van der Waals surface area contributed by atoms with E-state index in [2.05, 4.69) is 10.6 Å². The van der Waals surface area contributed by atoms with Crippen molar-refractivity contribution in [3.05, 3.63) is 50.2 Å². The van der Waals surface area contributed by atoms with Crippen LogP contribution in [0.3, 0.4) is 0 Å². The van der Waals surface area contributed by atoms with E-state index in [0.29, 0.717) is 33.6 Å². The average Bonchev–Trinajstić information content (AvgIpc) is 3.29. The van der Waals surface area contributed by atoms with Gasteiger partial charge >= 0.3 is 0 Å². The predicted molar refractivity (Wildman–Crippen MR) is 125 cm³/mol. The molecule has 2 heterocycles. The van der Waals surface area contributed by atoms with Gasteiger partial charge in [-0.05, 0) is 43.7 Å². The SMILES string of the molecule is COCCCNC(=O)c1c(NC(=O)c2sc3ccccc3c2Cl)sc2c1CCCC2. The van der Waals surface area contributed by atoms with Crippen molar-refractivity contribution >= 4 is 61.2 Å². The van der Waals surface area contributed by atoms with Crippen molar-refractivity contribution in [2.45, 2.75) is 32.1 Å². The summed E-state index contributed by atoms with van der Waals surface area (Å²) in [6.45, 7) is 1.13. The number of hydrogen-bond acceptors (Lipinski definition) is 5. The Balaban J connectivity index is 1.61. The molecule has 1 aromatic carbocycles. The van der Waals surface area contributed by atoms with Gasteiger partial charge in [0.1, 0.15) is 9.88 Å². The van der Waals surface area contributed by atoms with Crippen LogP contribution >= 0.6 is 34.3 Å². The topological polar surface area (TPSA) is 67.4 Å². The lowest BCUT2D eigenvalue weighted by atomic mass is 9.95. The Morgan fingerprint density at radius 3 is 2.73 bits per heavy atom. The number of fused-ring (bicyclic) bond motifs is 2. The fourth-order valence-electron chi connectivity index (χ4n) is 3.72. The molecular weight excluding hydrogens is 440 g/mol. The highest BCUT2D eigenvalue weighted by Crippen LogP contribution is 2.40. The number of anilines is 1. The van der Waals surface area contributed by atoms with Crippen LogP contribution in [0.2, 0.25) is 5.02 Å². The third kappa shape index (κ3) is 4.25. The van der Waals surface area contributed by atoms with Crippen molar-refractivity contribution in [3.8, 4) is 0 Å². The molecule has 0 atom stereocenters. The van der Waals surface area contributed by atoms with Crippen molar-refractivity contribution in [3.63, 3.8) is 0 Å². The molecule has 2 N–H and O–H groups in total. The number of hydrogen-bond donors (Lipinski definition) is 2. The van der Waals surface area contributed by atoms with E-state index in [9.17, 15) is 9.59 Å². The van der Waals surface area contributed by atoms with Gasteiger partial charge in [-0.25, -0.2) is 0 Å². The molecule has 158 valence electrons. The molecule has 30 heavy (non-hydrogen) atoms. The lowest BCUT2D eigenvalue weighted by Gasteiger charge is -2.13. The van der Waals surface area contributed by atoms with E-state index in [1.165, 1.54) is 27.6 Å². The smallest absolute Gasteiger partial charge is 0.267 e. The molecule has 0 saturated heterocycles. The largest absolute Gasteiger partial charge is 0.385 e. The van der Waals surface area contributed by atoms with Crippen LogP contribution < -0.4 is 10.6 Å². The predicted octanol–water partition coefficient (Wildman–Crippen LogP) is 5.51. The first kappa shape index (κ1) is 21.3. The number of halogens is 1. The summed E-state index contributed by atoms with van der Waals surface area (Å²) < 4.78 is 6.02. The summed E-state index contributed by atoms with van der Waals surface area (Å²) in [5.74, 6) is -0.406. The van der Waals surface area contributed by atoms with Gasteiger partial charge in [0.2, 0.25) is 0 Å². The van der Waals surface area contributed by atoms with Gasteiger partial charge in [-0.3, -0.25) is 9.59 Å². The second-order valence-electron chi connectivity index (χ2n) is 7.21. The fourth-order valence-corrected chi connectivity index (χ4v) is 6.41. The Labute approximate surface area is 188 Å². The number of thiophene rings is 2. The zero-order valence-electron chi connectivity index (χ0n) is 16.7. The maximum atomic E-state index is 13.1. The molecule has 0 bridgehead atoms.